The zero-order valence-corrected chi connectivity index (χ0v) is 10.1. The normalized spacial score (nSPS) is 25.9. The number of hydrogen-bond acceptors (Lipinski definition) is 3. The molecule has 0 saturated carbocycles. The quantitative estimate of drug-likeness (QED) is 0.603. The van der Waals surface area contributed by atoms with Crippen molar-refractivity contribution in [2.75, 3.05) is 13.1 Å². The zero-order valence-electron chi connectivity index (χ0n) is 10.1. The van der Waals surface area contributed by atoms with E-state index in [2.05, 4.69) is 0 Å². The van der Waals surface area contributed by atoms with Gasteiger partial charge in [0.2, 0.25) is 5.54 Å². The number of alkyl halides is 6. The molecule has 1 saturated heterocycles. The minimum absolute atomic E-state index is 0.113. The third-order valence-electron chi connectivity index (χ3n) is 2.99. The second kappa shape index (κ2) is 4.79. The van der Waals surface area contributed by atoms with Crippen molar-refractivity contribution in [3.05, 3.63) is 0 Å². The van der Waals surface area contributed by atoms with Crippen molar-refractivity contribution in [1.82, 2.24) is 10.2 Å². The molecule has 0 aliphatic carbocycles. The minimum Gasteiger partial charge on any atom is -0.330 e. The van der Waals surface area contributed by atoms with E-state index in [0.717, 1.165) is 0 Å². The summed E-state index contributed by atoms with van der Waals surface area (Å²) in [5, 5.41) is 1.36. The smallest absolute Gasteiger partial charge is 0.330 e. The minimum atomic E-state index is -5.12. The Bertz CT molecular complexity index is 421. The summed E-state index contributed by atoms with van der Waals surface area (Å²) in [6, 6.07) is -1.53. The molecule has 1 fully saturated rings. The highest BCUT2D eigenvalue weighted by Gasteiger charge is 2.64. The third-order valence-corrected chi connectivity index (χ3v) is 2.99. The topological polar surface area (TPSA) is 75.4 Å². The molecule has 20 heavy (non-hydrogen) atoms. The van der Waals surface area contributed by atoms with Crippen LogP contribution < -0.4 is 11.1 Å². The van der Waals surface area contributed by atoms with Gasteiger partial charge in [-0.1, -0.05) is 0 Å². The summed E-state index contributed by atoms with van der Waals surface area (Å²) in [7, 11) is 0. The van der Waals surface area contributed by atoms with Gasteiger partial charge in [0, 0.05) is 13.1 Å². The lowest BCUT2D eigenvalue weighted by Gasteiger charge is -2.26. The number of imide groups is 1. The van der Waals surface area contributed by atoms with E-state index in [-0.39, 0.29) is 4.90 Å². The van der Waals surface area contributed by atoms with Crippen molar-refractivity contribution in [2.24, 2.45) is 11.7 Å². The number of urea groups is 1. The van der Waals surface area contributed by atoms with Gasteiger partial charge in [0.1, 0.15) is 0 Å². The summed E-state index contributed by atoms with van der Waals surface area (Å²) in [5.41, 5.74) is 1.64. The lowest BCUT2D eigenvalue weighted by atomic mass is 10.0. The van der Waals surface area contributed by atoms with Gasteiger partial charge in [0.05, 0.1) is 5.92 Å². The number of carbonyl (C=O) groups excluding carboxylic acids is 2. The first-order valence-corrected chi connectivity index (χ1v) is 5.32. The first kappa shape index (κ1) is 16.5. The fraction of sp³-hybridized carbons (Fsp3) is 0.778. The number of nitrogens with two attached hydrogens (primary N) is 1. The fourth-order valence-corrected chi connectivity index (χ4v) is 1.59. The van der Waals surface area contributed by atoms with Crippen LogP contribution in [0.15, 0.2) is 0 Å². The zero-order chi connectivity index (χ0) is 15.9. The molecule has 1 rings (SSSR count). The van der Waals surface area contributed by atoms with Gasteiger partial charge in [-0.3, -0.25) is 9.69 Å². The summed E-state index contributed by atoms with van der Waals surface area (Å²) < 4.78 is 75.5. The van der Waals surface area contributed by atoms with E-state index in [1.807, 2.05) is 0 Å². The molecule has 1 heterocycles. The van der Waals surface area contributed by atoms with Crippen molar-refractivity contribution in [1.29, 1.82) is 0 Å². The van der Waals surface area contributed by atoms with Crippen LogP contribution in [0.5, 0.6) is 0 Å². The first-order valence-electron chi connectivity index (χ1n) is 5.32. The molecule has 0 spiro atoms. The van der Waals surface area contributed by atoms with E-state index < -0.39 is 48.8 Å². The maximum absolute atomic E-state index is 12.7. The van der Waals surface area contributed by atoms with E-state index in [1.54, 1.807) is 0 Å². The van der Waals surface area contributed by atoms with Crippen LogP contribution >= 0.6 is 0 Å². The first-order chi connectivity index (χ1) is 8.84. The molecular weight excluding hydrogens is 296 g/mol. The molecule has 3 N–H and O–H groups in total. The van der Waals surface area contributed by atoms with Crippen LogP contribution in [0.3, 0.4) is 0 Å². The van der Waals surface area contributed by atoms with Gasteiger partial charge < -0.3 is 11.1 Å². The summed E-state index contributed by atoms with van der Waals surface area (Å²) in [5.74, 6) is -4.06. The largest absolute Gasteiger partial charge is 0.420 e. The maximum atomic E-state index is 12.7. The molecule has 1 aliphatic heterocycles. The monoisotopic (exact) mass is 307 g/mol. The number of hydrogen-bond donors (Lipinski definition) is 2. The van der Waals surface area contributed by atoms with Gasteiger partial charge in [-0.25, -0.2) is 4.79 Å². The second-order valence-electron chi connectivity index (χ2n) is 4.44. The third kappa shape index (κ3) is 2.67. The summed E-state index contributed by atoms with van der Waals surface area (Å²) >= 11 is 0. The number of halogens is 6. The van der Waals surface area contributed by atoms with Crippen LogP contribution in [-0.2, 0) is 4.79 Å². The number of rotatable bonds is 3. The Morgan fingerprint density at radius 2 is 1.75 bits per heavy atom. The highest BCUT2D eigenvalue weighted by Crippen LogP contribution is 2.36. The van der Waals surface area contributed by atoms with Crippen LogP contribution in [0.2, 0.25) is 0 Å². The van der Waals surface area contributed by atoms with Crippen LogP contribution in [0, 0.1) is 5.92 Å². The average Bonchev–Trinajstić information content (AvgIpc) is 2.46. The van der Waals surface area contributed by atoms with E-state index in [0.29, 0.717) is 6.92 Å². The van der Waals surface area contributed by atoms with Crippen molar-refractivity contribution in [3.63, 3.8) is 0 Å². The molecule has 0 aromatic heterocycles. The van der Waals surface area contributed by atoms with Crippen LogP contribution in [0.4, 0.5) is 31.1 Å². The Morgan fingerprint density at radius 1 is 1.25 bits per heavy atom. The predicted octanol–water partition coefficient (Wildman–Crippen LogP) is 0.996. The van der Waals surface area contributed by atoms with Crippen LogP contribution in [0.1, 0.15) is 6.92 Å². The molecule has 11 heteroatoms. The lowest BCUT2D eigenvalue weighted by molar-refractivity contribution is -0.193. The molecule has 116 valence electrons. The molecule has 5 nitrogen and oxygen atoms in total. The number of amides is 3. The van der Waals surface area contributed by atoms with Crippen molar-refractivity contribution >= 4 is 11.9 Å². The van der Waals surface area contributed by atoms with Crippen molar-refractivity contribution < 1.29 is 35.9 Å². The molecular formula is C9H11F6N3O2. The SMILES string of the molecule is CC1(C(F)(F)F)NC(=O)N(CC(CN)C(F)(F)F)C1=O. The summed E-state index contributed by atoms with van der Waals surface area (Å²) in [6.07, 6.45) is -9.95. The number of nitrogens with one attached hydrogen (secondary N) is 1. The van der Waals surface area contributed by atoms with Gasteiger partial charge >= 0.3 is 18.4 Å². The molecule has 1 aliphatic rings. The molecule has 0 aromatic rings. The molecule has 0 bridgehead atoms. The van der Waals surface area contributed by atoms with Gasteiger partial charge in [0.15, 0.2) is 0 Å². The van der Waals surface area contributed by atoms with Gasteiger partial charge in [0.25, 0.3) is 5.91 Å². The Balaban J connectivity index is 3.00. The van der Waals surface area contributed by atoms with Crippen molar-refractivity contribution in [3.8, 4) is 0 Å². The van der Waals surface area contributed by atoms with E-state index >= 15 is 0 Å². The fourth-order valence-electron chi connectivity index (χ4n) is 1.59. The number of nitrogens with zero attached hydrogens (tertiary/aromatic N) is 1. The highest BCUT2D eigenvalue weighted by molar-refractivity contribution is 6.07. The predicted molar refractivity (Wildman–Crippen MR) is 53.3 cm³/mol. The maximum Gasteiger partial charge on any atom is 0.420 e. The van der Waals surface area contributed by atoms with Crippen molar-refractivity contribution in [2.45, 2.75) is 24.8 Å². The van der Waals surface area contributed by atoms with Crippen LogP contribution in [-0.4, -0.2) is 47.8 Å². The Kier molecular flexibility index (Phi) is 3.96. The Hall–Kier alpha value is -1.52. The van der Waals surface area contributed by atoms with Crippen LogP contribution in [0.25, 0.3) is 0 Å². The molecule has 0 radical (unpaired) electrons. The Labute approximate surface area is 109 Å². The highest BCUT2D eigenvalue weighted by atomic mass is 19.4. The molecule has 2 atom stereocenters. The van der Waals surface area contributed by atoms with E-state index in [9.17, 15) is 35.9 Å². The molecule has 2 unspecified atom stereocenters. The average molecular weight is 307 g/mol. The Morgan fingerprint density at radius 3 is 2.05 bits per heavy atom. The molecule has 0 aromatic carbocycles. The standard InChI is InChI=1S/C9H11F6N3O2/c1-7(9(13,14)15)5(19)18(6(20)17-7)3-4(2-16)8(10,11)12/h4H,2-3,16H2,1H3,(H,17,20). The van der Waals surface area contributed by atoms with Gasteiger partial charge in [-0.15, -0.1) is 0 Å². The second-order valence-corrected chi connectivity index (χ2v) is 4.44. The van der Waals surface area contributed by atoms with Gasteiger partial charge in [-0.05, 0) is 6.92 Å². The lowest BCUT2D eigenvalue weighted by Crippen LogP contribution is -2.56. The van der Waals surface area contributed by atoms with E-state index in [4.69, 9.17) is 5.73 Å². The van der Waals surface area contributed by atoms with E-state index in [1.165, 1.54) is 5.32 Å². The molecule has 3 amide bonds. The van der Waals surface area contributed by atoms with Gasteiger partial charge in [-0.2, -0.15) is 26.3 Å². The summed E-state index contributed by atoms with van der Waals surface area (Å²) in [4.78, 5) is 22.8. The number of carbonyl (C=O) groups is 2. The summed E-state index contributed by atoms with van der Waals surface area (Å²) in [6.45, 7) is -1.82.